The number of anilines is 1. The first-order valence-electron chi connectivity index (χ1n) is 8.28. The molecule has 2 N–H and O–H groups in total. The molecule has 126 valence electrons. The maximum atomic E-state index is 12.7. The zero-order valence-corrected chi connectivity index (χ0v) is 14.7. The van der Waals surface area contributed by atoms with Gasteiger partial charge in [-0.1, -0.05) is 19.1 Å². The van der Waals surface area contributed by atoms with Crippen molar-refractivity contribution >= 4 is 22.2 Å². The van der Waals surface area contributed by atoms with Crippen LogP contribution in [0, 0.1) is 0 Å². The van der Waals surface area contributed by atoms with Gasteiger partial charge in [-0.05, 0) is 36.2 Å². The van der Waals surface area contributed by atoms with E-state index in [-0.39, 0.29) is 12.1 Å². The van der Waals surface area contributed by atoms with E-state index in [9.17, 15) is 4.79 Å². The van der Waals surface area contributed by atoms with E-state index in [2.05, 4.69) is 22.5 Å². The molecule has 0 bridgehead atoms. The Kier molecular flexibility index (Phi) is 3.94. The Morgan fingerprint density at radius 1 is 1.29 bits per heavy atom. The second-order valence-electron chi connectivity index (χ2n) is 6.15. The highest BCUT2D eigenvalue weighted by Crippen LogP contribution is 2.40. The number of carbonyl (C=O) groups excluding carboxylic acids is 1. The normalized spacial score (nSPS) is 19.9. The highest BCUT2D eigenvalue weighted by atomic mass is 32.1. The van der Waals surface area contributed by atoms with Crippen LogP contribution in [0.3, 0.4) is 0 Å². The number of fused-ring (bicyclic) bond motifs is 3. The molecule has 1 amide bonds. The van der Waals surface area contributed by atoms with Gasteiger partial charge in [-0.2, -0.15) is 0 Å². The Bertz CT molecular complexity index is 769. The number of benzene rings is 1. The number of likely N-dealkylation sites (N-methyl/N-ethyl adjacent to an activating group) is 1. The van der Waals surface area contributed by atoms with Crippen LogP contribution in [0.25, 0.3) is 0 Å². The fraction of sp³-hybridized carbons (Fsp3) is 0.389. The third-order valence-corrected chi connectivity index (χ3v) is 5.96. The second kappa shape index (κ2) is 6.11. The van der Waals surface area contributed by atoms with Crippen molar-refractivity contribution in [2.45, 2.75) is 26.1 Å². The highest BCUT2D eigenvalue weighted by molar-refractivity contribution is 7.16. The van der Waals surface area contributed by atoms with Crippen LogP contribution in [-0.4, -0.2) is 31.0 Å². The number of rotatable bonds is 3. The van der Waals surface area contributed by atoms with Crippen LogP contribution >= 0.6 is 11.3 Å². The lowest BCUT2D eigenvalue weighted by molar-refractivity contribution is 0.0934. The summed E-state index contributed by atoms with van der Waals surface area (Å²) in [6.45, 7) is 5.22. The lowest BCUT2D eigenvalue weighted by atomic mass is 10.0. The lowest BCUT2D eigenvalue weighted by Gasteiger charge is -2.28. The fourth-order valence-electron chi connectivity index (χ4n) is 3.40. The summed E-state index contributed by atoms with van der Waals surface area (Å²) in [7, 11) is 1.65. The SMILES string of the molecule is CCN1CCc2c(sc3c2C(=O)NC(c2ccc(OC)cc2)N3)C1. The molecule has 0 saturated heterocycles. The van der Waals surface area contributed by atoms with Crippen molar-refractivity contribution in [3.05, 3.63) is 45.8 Å². The van der Waals surface area contributed by atoms with E-state index in [1.165, 1.54) is 10.4 Å². The number of hydrogen-bond donors (Lipinski definition) is 2. The van der Waals surface area contributed by atoms with Gasteiger partial charge in [0, 0.05) is 18.0 Å². The number of amides is 1. The van der Waals surface area contributed by atoms with Gasteiger partial charge in [-0.15, -0.1) is 11.3 Å². The predicted octanol–water partition coefficient (Wildman–Crippen LogP) is 2.99. The highest BCUT2D eigenvalue weighted by Gasteiger charge is 2.33. The molecular weight excluding hydrogens is 322 g/mol. The zero-order chi connectivity index (χ0) is 16.7. The van der Waals surface area contributed by atoms with Crippen molar-refractivity contribution < 1.29 is 9.53 Å². The number of nitrogens with one attached hydrogen (secondary N) is 2. The first-order valence-corrected chi connectivity index (χ1v) is 9.09. The maximum absolute atomic E-state index is 12.7. The van der Waals surface area contributed by atoms with Crippen molar-refractivity contribution in [1.82, 2.24) is 10.2 Å². The Hall–Kier alpha value is -2.05. The summed E-state index contributed by atoms with van der Waals surface area (Å²) >= 11 is 1.73. The number of thiophene rings is 1. The minimum absolute atomic E-state index is 0.0343. The van der Waals surface area contributed by atoms with Gasteiger partial charge in [-0.3, -0.25) is 9.69 Å². The first-order chi connectivity index (χ1) is 11.7. The van der Waals surface area contributed by atoms with E-state index >= 15 is 0 Å². The first kappa shape index (κ1) is 15.5. The Labute approximate surface area is 145 Å². The quantitative estimate of drug-likeness (QED) is 0.900. The van der Waals surface area contributed by atoms with Crippen molar-refractivity contribution in [1.29, 1.82) is 0 Å². The molecule has 1 aromatic heterocycles. The minimum Gasteiger partial charge on any atom is -0.497 e. The molecule has 2 aliphatic rings. The van der Waals surface area contributed by atoms with Crippen LogP contribution < -0.4 is 15.4 Å². The van der Waals surface area contributed by atoms with Crippen molar-refractivity contribution in [3.63, 3.8) is 0 Å². The molecule has 24 heavy (non-hydrogen) atoms. The minimum atomic E-state index is -0.196. The van der Waals surface area contributed by atoms with Gasteiger partial charge in [0.2, 0.25) is 0 Å². The Balaban J connectivity index is 1.63. The zero-order valence-electron chi connectivity index (χ0n) is 13.9. The van der Waals surface area contributed by atoms with Crippen LogP contribution in [0.1, 0.15) is 39.5 Å². The lowest BCUT2D eigenvalue weighted by Crippen LogP contribution is -2.38. The summed E-state index contributed by atoms with van der Waals surface area (Å²) in [5.41, 5.74) is 3.12. The van der Waals surface area contributed by atoms with Crippen molar-refractivity contribution in [3.8, 4) is 5.75 Å². The smallest absolute Gasteiger partial charge is 0.256 e. The molecule has 6 heteroatoms. The molecule has 1 aromatic carbocycles. The third-order valence-electron chi connectivity index (χ3n) is 4.81. The Morgan fingerprint density at radius 2 is 2.08 bits per heavy atom. The molecule has 0 radical (unpaired) electrons. The fourth-order valence-corrected chi connectivity index (χ4v) is 4.72. The molecule has 3 heterocycles. The summed E-state index contributed by atoms with van der Waals surface area (Å²) in [5, 5.41) is 7.59. The molecule has 2 aromatic rings. The molecule has 1 atom stereocenters. The largest absolute Gasteiger partial charge is 0.497 e. The van der Waals surface area contributed by atoms with Gasteiger partial charge < -0.3 is 15.4 Å². The number of ether oxygens (including phenoxy) is 1. The van der Waals surface area contributed by atoms with Crippen LogP contribution in [0.5, 0.6) is 5.75 Å². The number of nitrogens with zero attached hydrogens (tertiary/aromatic N) is 1. The molecule has 0 aliphatic carbocycles. The van der Waals surface area contributed by atoms with Gasteiger partial charge in [0.1, 0.15) is 16.9 Å². The van der Waals surface area contributed by atoms with Crippen LogP contribution in [-0.2, 0) is 13.0 Å². The molecule has 0 saturated carbocycles. The van der Waals surface area contributed by atoms with Gasteiger partial charge >= 0.3 is 0 Å². The topological polar surface area (TPSA) is 53.6 Å². The van der Waals surface area contributed by atoms with E-state index in [1.807, 2.05) is 24.3 Å². The Morgan fingerprint density at radius 3 is 2.79 bits per heavy atom. The summed E-state index contributed by atoms with van der Waals surface area (Å²) in [5.74, 6) is 0.847. The third kappa shape index (κ3) is 2.56. The van der Waals surface area contributed by atoms with Gasteiger partial charge in [-0.25, -0.2) is 0 Å². The average molecular weight is 343 g/mol. The van der Waals surface area contributed by atoms with Crippen LogP contribution in [0.4, 0.5) is 5.00 Å². The molecule has 5 nitrogen and oxygen atoms in total. The van der Waals surface area contributed by atoms with Crippen molar-refractivity contribution in [2.24, 2.45) is 0 Å². The molecule has 0 spiro atoms. The summed E-state index contributed by atoms with van der Waals surface area (Å²) in [6.07, 6.45) is 0.760. The summed E-state index contributed by atoms with van der Waals surface area (Å²) in [4.78, 5) is 16.4. The van der Waals surface area contributed by atoms with Gasteiger partial charge in [0.05, 0.1) is 12.7 Å². The number of hydrogen-bond acceptors (Lipinski definition) is 5. The maximum Gasteiger partial charge on any atom is 0.256 e. The van der Waals surface area contributed by atoms with Gasteiger partial charge in [0.15, 0.2) is 0 Å². The summed E-state index contributed by atoms with van der Waals surface area (Å²) in [6, 6.07) is 7.79. The number of carbonyl (C=O) groups is 1. The van der Waals surface area contributed by atoms with E-state index in [4.69, 9.17) is 4.74 Å². The molecule has 0 fully saturated rings. The van der Waals surface area contributed by atoms with Crippen LogP contribution in [0.15, 0.2) is 24.3 Å². The van der Waals surface area contributed by atoms with Crippen LogP contribution in [0.2, 0.25) is 0 Å². The summed E-state index contributed by atoms with van der Waals surface area (Å²) < 4.78 is 5.20. The van der Waals surface area contributed by atoms with E-state index in [0.29, 0.717) is 0 Å². The predicted molar refractivity (Wildman–Crippen MR) is 95.8 cm³/mol. The standard InChI is InChI=1S/C18H21N3O2S/c1-3-21-9-8-13-14(10-21)24-18-15(13)17(22)19-16(20-18)11-4-6-12(23-2)7-5-11/h4-7,16,20H,3,8-10H2,1-2H3,(H,19,22). The number of methoxy groups -OCH3 is 1. The molecular formula is C18H21N3O2S. The molecule has 1 unspecified atom stereocenters. The van der Waals surface area contributed by atoms with E-state index < -0.39 is 0 Å². The van der Waals surface area contributed by atoms with Crippen molar-refractivity contribution in [2.75, 3.05) is 25.5 Å². The second-order valence-corrected chi connectivity index (χ2v) is 7.26. The average Bonchev–Trinajstić information content (AvgIpc) is 2.99. The van der Waals surface area contributed by atoms with E-state index in [0.717, 1.165) is 47.9 Å². The van der Waals surface area contributed by atoms with Gasteiger partial charge in [0.25, 0.3) is 5.91 Å². The molecule has 2 aliphatic heterocycles. The molecule has 4 rings (SSSR count). The van der Waals surface area contributed by atoms with E-state index in [1.54, 1.807) is 18.4 Å². The monoisotopic (exact) mass is 343 g/mol.